The number of thiazole rings is 1. The zero-order chi connectivity index (χ0) is 14.5. The molecule has 110 valence electrons. The highest BCUT2D eigenvalue weighted by atomic mass is 32.1. The third-order valence-corrected chi connectivity index (χ3v) is 5.33. The molecule has 0 aliphatic rings. The van der Waals surface area contributed by atoms with Gasteiger partial charge >= 0.3 is 0 Å². The van der Waals surface area contributed by atoms with Crippen molar-refractivity contribution >= 4 is 22.7 Å². The number of aromatic nitrogens is 1. The van der Waals surface area contributed by atoms with Gasteiger partial charge in [0, 0.05) is 34.3 Å². The van der Waals surface area contributed by atoms with E-state index < -0.39 is 0 Å². The second-order valence-electron chi connectivity index (χ2n) is 5.11. The first-order valence-corrected chi connectivity index (χ1v) is 8.66. The van der Waals surface area contributed by atoms with E-state index in [0.717, 1.165) is 31.9 Å². The molecule has 2 rings (SSSR count). The number of hydrogen-bond donors (Lipinski definition) is 1. The van der Waals surface area contributed by atoms with Crippen LogP contribution < -0.4 is 5.32 Å². The van der Waals surface area contributed by atoms with Gasteiger partial charge in [0.25, 0.3) is 0 Å². The lowest BCUT2D eigenvalue weighted by Gasteiger charge is -2.15. The molecule has 3 nitrogen and oxygen atoms in total. The van der Waals surface area contributed by atoms with Crippen LogP contribution >= 0.6 is 22.7 Å². The summed E-state index contributed by atoms with van der Waals surface area (Å²) < 4.78 is 0. The second-order valence-corrected chi connectivity index (χ2v) is 7.39. The third kappa shape index (κ3) is 4.12. The van der Waals surface area contributed by atoms with Gasteiger partial charge in [0.2, 0.25) is 0 Å². The smallest absolute Gasteiger partial charge is 0.0798 e. The summed E-state index contributed by atoms with van der Waals surface area (Å²) in [6, 6.07) is 2.35. The number of nitrogens with zero attached hydrogens (tertiary/aromatic N) is 2. The molecule has 0 saturated carbocycles. The molecular formula is C15H23N3S2. The van der Waals surface area contributed by atoms with Crippen molar-refractivity contribution in [3.63, 3.8) is 0 Å². The normalized spacial score (nSPS) is 11.4. The molecular weight excluding hydrogens is 286 g/mol. The van der Waals surface area contributed by atoms with Gasteiger partial charge < -0.3 is 5.32 Å². The van der Waals surface area contributed by atoms with Crippen molar-refractivity contribution in [3.05, 3.63) is 37.5 Å². The lowest BCUT2D eigenvalue weighted by Crippen LogP contribution is -2.17. The zero-order valence-electron chi connectivity index (χ0n) is 12.7. The van der Waals surface area contributed by atoms with Crippen LogP contribution in [0.5, 0.6) is 0 Å². The van der Waals surface area contributed by atoms with Crippen molar-refractivity contribution in [2.75, 3.05) is 13.6 Å². The van der Waals surface area contributed by atoms with Crippen molar-refractivity contribution < 1.29 is 0 Å². The van der Waals surface area contributed by atoms with Gasteiger partial charge in [0.05, 0.1) is 11.2 Å². The number of nitrogens with one attached hydrogen (secondary N) is 1. The Balaban J connectivity index is 1.95. The molecule has 5 heteroatoms. The minimum atomic E-state index is 0.980. The molecule has 2 aromatic heterocycles. The predicted octanol–water partition coefficient (Wildman–Crippen LogP) is 3.56. The van der Waals surface area contributed by atoms with Crippen molar-refractivity contribution in [2.45, 2.75) is 40.4 Å². The summed E-state index contributed by atoms with van der Waals surface area (Å²) in [6.45, 7) is 10.5. The number of rotatable bonds is 7. The van der Waals surface area contributed by atoms with Crippen molar-refractivity contribution in [3.8, 4) is 0 Å². The van der Waals surface area contributed by atoms with Crippen LogP contribution in [0, 0.1) is 13.8 Å². The van der Waals surface area contributed by atoms with E-state index in [0.29, 0.717) is 0 Å². The van der Waals surface area contributed by atoms with E-state index in [4.69, 9.17) is 0 Å². The molecule has 0 aliphatic heterocycles. The highest BCUT2D eigenvalue weighted by Crippen LogP contribution is 2.23. The Morgan fingerprint density at radius 1 is 1.30 bits per heavy atom. The minimum Gasteiger partial charge on any atom is -0.312 e. The topological polar surface area (TPSA) is 28.2 Å². The van der Waals surface area contributed by atoms with E-state index >= 15 is 0 Å². The molecule has 20 heavy (non-hydrogen) atoms. The fourth-order valence-corrected chi connectivity index (χ4v) is 4.03. The van der Waals surface area contributed by atoms with Gasteiger partial charge in [-0.25, -0.2) is 4.98 Å². The summed E-state index contributed by atoms with van der Waals surface area (Å²) in [7, 11) is 2.18. The second kappa shape index (κ2) is 7.31. The van der Waals surface area contributed by atoms with Gasteiger partial charge in [-0.15, -0.1) is 22.7 Å². The molecule has 0 spiro atoms. The standard InChI is InChI=1S/C15H23N3S2/c1-5-16-7-14-6-13(12(3)20-14)8-18(4)9-15-11(2)17-10-19-15/h6,10,16H,5,7-9H2,1-4H3. The zero-order valence-corrected chi connectivity index (χ0v) is 14.3. The molecule has 1 N–H and O–H groups in total. The van der Waals surface area contributed by atoms with Crippen LogP contribution in [0.1, 0.15) is 32.8 Å². The van der Waals surface area contributed by atoms with Gasteiger partial charge in [-0.2, -0.15) is 0 Å². The Labute approximate surface area is 129 Å². The first-order chi connectivity index (χ1) is 9.60. The maximum absolute atomic E-state index is 4.32. The lowest BCUT2D eigenvalue weighted by atomic mass is 10.2. The summed E-state index contributed by atoms with van der Waals surface area (Å²) in [5, 5.41) is 3.39. The van der Waals surface area contributed by atoms with E-state index in [-0.39, 0.29) is 0 Å². The molecule has 0 atom stereocenters. The monoisotopic (exact) mass is 309 g/mol. The van der Waals surface area contributed by atoms with Crippen LogP contribution in [0.4, 0.5) is 0 Å². The van der Waals surface area contributed by atoms with E-state index in [2.05, 4.69) is 49.1 Å². The van der Waals surface area contributed by atoms with Crippen molar-refractivity contribution in [1.82, 2.24) is 15.2 Å². The molecule has 0 radical (unpaired) electrons. The maximum atomic E-state index is 4.32. The third-order valence-electron chi connectivity index (χ3n) is 3.32. The maximum Gasteiger partial charge on any atom is 0.0798 e. The lowest BCUT2D eigenvalue weighted by molar-refractivity contribution is 0.321. The average Bonchev–Trinajstić information content (AvgIpc) is 2.95. The van der Waals surface area contributed by atoms with Gasteiger partial charge in [0.1, 0.15) is 0 Å². The van der Waals surface area contributed by atoms with Gasteiger partial charge in [0.15, 0.2) is 0 Å². The summed E-state index contributed by atoms with van der Waals surface area (Å²) in [5.41, 5.74) is 4.55. The Hall–Kier alpha value is -0.750. The van der Waals surface area contributed by atoms with Crippen molar-refractivity contribution in [2.24, 2.45) is 0 Å². The summed E-state index contributed by atoms with van der Waals surface area (Å²) in [4.78, 5) is 10.9. The van der Waals surface area contributed by atoms with Crippen molar-refractivity contribution in [1.29, 1.82) is 0 Å². The largest absolute Gasteiger partial charge is 0.312 e. The fraction of sp³-hybridized carbons (Fsp3) is 0.533. The highest BCUT2D eigenvalue weighted by molar-refractivity contribution is 7.12. The average molecular weight is 310 g/mol. The first kappa shape index (κ1) is 15.6. The fourth-order valence-electron chi connectivity index (χ4n) is 2.15. The minimum absolute atomic E-state index is 0.980. The molecule has 2 heterocycles. The molecule has 0 saturated heterocycles. The molecule has 0 aliphatic carbocycles. The molecule has 0 amide bonds. The number of aryl methyl sites for hydroxylation is 2. The van der Waals surface area contributed by atoms with Gasteiger partial charge in [-0.1, -0.05) is 6.92 Å². The summed E-state index contributed by atoms with van der Waals surface area (Å²) in [6.07, 6.45) is 0. The van der Waals surface area contributed by atoms with E-state index in [1.807, 2.05) is 16.8 Å². The molecule has 0 aromatic carbocycles. The Bertz CT molecular complexity index is 545. The van der Waals surface area contributed by atoms with E-state index in [1.54, 1.807) is 11.3 Å². The Morgan fingerprint density at radius 2 is 2.10 bits per heavy atom. The highest BCUT2D eigenvalue weighted by Gasteiger charge is 2.10. The summed E-state index contributed by atoms with van der Waals surface area (Å²) >= 11 is 3.66. The van der Waals surface area contributed by atoms with Crippen LogP contribution in [-0.2, 0) is 19.6 Å². The number of thiophene rings is 1. The van der Waals surface area contributed by atoms with Crippen LogP contribution in [0.15, 0.2) is 11.6 Å². The van der Waals surface area contributed by atoms with Gasteiger partial charge in [-0.05, 0) is 39.1 Å². The molecule has 0 fully saturated rings. The molecule has 0 bridgehead atoms. The van der Waals surface area contributed by atoms with Gasteiger partial charge in [-0.3, -0.25) is 4.90 Å². The Kier molecular flexibility index (Phi) is 5.72. The van der Waals surface area contributed by atoms with Crippen LogP contribution in [-0.4, -0.2) is 23.5 Å². The first-order valence-electron chi connectivity index (χ1n) is 6.96. The summed E-state index contributed by atoms with van der Waals surface area (Å²) in [5.74, 6) is 0. The molecule has 2 aromatic rings. The quantitative estimate of drug-likeness (QED) is 0.847. The number of hydrogen-bond acceptors (Lipinski definition) is 5. The molecule has 0 unspecified atom stereocenters. The Morgan fingerprint density at radius 3 is 2.75 bits per heavy atom. The van der Waals surface area contributed by atoms with Crippen LogP contribution in [0.2, 0.25) is 0 Å². The van der Waals surface area contributed by atoms with E-state index in [1.165, 1.54) is 20.2 Å². The van der Waals surface area contributed by atoms with Crippen LogP contribution in [0.25, 0.3) is 0 Å². The predicted molar refractivity (Wildman–Crippen MR) is 88.5 cm³/mol. The van der Waals surface area contributed by atoms with Crippen LogP contribution in [0.3, 0.4) is 0 Å². The SMILES string of the molecule is CCNCc1cc(CN(C)Cc2scnc2C)c(C)s1. The van der Waals surface area contributed by atoms with E-state index in [9.17, 15) is 0 Å².